The van der Waals surface area contributed by atoms with Gasteiger partial charge in [0.25, 0.3) is 9.05 Å². The molecule has 1 aromatic carbocycles. The maximum absolute atomic E-state index is 11.3. The number of halogens is 1. The quantitative estimate of drug-likeness (QED) is 0.794. The molecule has 0 bridgehead atoms. The van der Waals surface area contributed by atoms with Crippen LogP contribution in [-0.4, -0.2) is 24.6 Å². The van der Waals surface area contributed by atoms with Gasteiger partial charge in [0, 0.05) is 36.5 Å². The molecular formula is C13H15ClN2O3S. The van der Waals surface area contributed by atoms with Gasteiger partial charge < -0.3 is 9.30 Å². The van der Waals surface area contributed by atoms with Crippen molar-refractivity contribution in [3.63, 3.8) is 0 Å². The van der Waals surface area contributed by atoms with Crippen LogP contribution in [0.4, 0.5) is 0 Å². The lowest BCUT2D eigenvalue weighted by Gasteiger charge is -2.08. The van der Waals surface area contributed by atoms with Crippen LogP contribution in [0.15, 0.2) is 35.5 Å². The van der Waals surface area contributed by atoms with E-state index in [1.807, 2.05) is 17.8 Å². The van der Waals surface area contributed by atoms with Crippen LogP contribution in [0.3, 0.4) is 0 Å². The van der Waals surface area contributed by atoms with E-state index >= 15 is 0 Å². The Kier molecular flexibility index (Phi) is 4.35. The van der Waals surface area contributed by atoms with E-state index < -0.39 is 9.05 Å². The first-order valence-corrected chi connectivity index (χ1v) is 8.33. The first-order valence-electron chi connectivity index (χ1n) is 6.02. The fourth-order valence-electron chi connectivity index (χ4n) is 1.88. The third kappa shape index (κ3) is 3.52. The van der Waals surface area contributed by atoms with Crippen LogP contribution in [0.2, 0.25) is 0 Å². The van der Waals surface area contributed by atoms with E-state index in [-0.39, 0.29) is 4.90 Å². The maximum Gasteiger partial charge on any atom is 0.261 e. The van der Waals surface area contributed by atoms with Gasteiger partial charge >= 0.3 is 0 Å². The highest BCUT2D eigenvalue weighted by Crippen LogP contribution is 2.23. The summed E-state index contributed by atoms with van der Waals surface area (Å²) in [7, 11) is 3.54. The molecule has 1 heterocycles. The Morgan fingerprint density at radius 2 is 2.15 bits per heavy atom. The first kappa shape index (κ1) is 14.9. The molecule has 0 spiro atoms. The molecule has 2 aromatic rings. The Balaban J connectivity index is 2.01. The molecule has 20 heavy (non-hydrogen) atoms. The fraction of sp³-hybridized carbons (Fsp3) is 0.308. The van der Waals surface area contributed by atoms with E-state index in [9.17, 15) is 8.42 Å². The van der Waals surface area contributed by atoms with Gasteiger partial charge in [0.15, 0.2) is 0 Å². The molecule has 108 valence electrons. The van der Waals surface area contributed by atoms with Crippen LogP contribution in [0.5, 0.6) is 5.75 Å². The minimum atomic E-state index is -3.71. The summed E-state index contributed by atoms with van der Waals surface area (Å²) in [5.74, 6) is 1.54. The summed E-state index contributed by atoms with van der Waals surface area (Å²) in [6.07, 6.45) is 4.29. The van der Waals surface area contributed by atoms with Crippen molar-refractivity contribution < 1.29 is 13.2 Å². The molecule has 0 radical (unpaired) electrons. The molecule has 0 aliphatic rings. The van der Waals surface area contributed by atoms with Gasteiger partial charge in [-0.25, -0.2) is 13.4 Å². The molecule has 2 rings (SSSR count). The summed E-state index contributed by atoms with van der Waals surface area (Å²) in [6, 6.07) is 4.71. The molecule has 0 atom stereocenters. The Morgan fingerprint density at radius 3 is 2.70 bits per heavy atom. The number of imidazole rings is 1. The summed E-state index contributed by atoms with van der Waals surface area (Å²) in [6.45, 7) is 2.15. The predicted molar refractivity (Wildman–Crippen MR) is 76.6 cm³/mol. The lowest BCUT2D eigenvalue weighted by atomic mass is 10.2. The minimum absolute atomic E-state index is 0.107. The molecule has 0 fully saturated rings. The lowest BCUT2D eigenvalue weighted by molar-refractivity contribution is 0.317. The Labute approximate surface area is 122 Å². The molecule has 1 aromatic heterocycles. The molecule has 0 amide bonds. The highest BCUT2D eigenvalue weighted by atomic mass is 35.7. The standard InChI is InChI=1S/C13H15ClN2O3S/c1-10-9-11(3-4-12(10)20(14,17)18)19-8-5-13-15-6-7-16(13)2/h3-4,6-7,9H,5,8H2,1-2H3. The highest BCUT2D eigenvalue weighted by Gasteiger charge is 2.13. The molecule has 0 saturated carbocycles. The number of nitrogens with zero attached hydrogens (tertiary/aromatic N) is 2. The highest BCUT2D eigenvalue weighted by molar-refractivity contribution is 8.13. The smallest absolute Gasteiger partial charge is 0.261 e. The van der Waals surface area contributed by atoms with Crippen LogP contribution in [-0.2, 0) is 22.5 Å². The van der Waals surface area contributed by atoms with Crippen molar-refractivity contribution in [2.24, 2.45) is 7.05 Å². The molecular weight excluding hydrogens is 300 g/mol. The summed E-state index contributed by atoms with van der Waals surface area (Å²) in [5, 5.41) is 0. The number of hydrogen-bond acceptors (Lipinski definition) is 4. The van der Waals surface area contributed by atoms with Gasteiger partial charge in [-0.3, -0.25) is 0 Å². The molecule has 0 aliphatic heterocycles. The van der Waals surface area contributed by atoms with Crippen LogP contribution >= 0.6 is 10.7 Å². The van der Waals surface area contributed by atoms with Gasteiger partial charge in [0.1, 0.15) is 11.6 Å². The zero-order valence-corrected chi connectivity index (χ0v) is 12.8. The summed E-state index contributed by atoms with van der Waals surface area (Å²) < 4.78 is 30.1. The van der Waals surface area contributed by atoms with E-state index in [0.717, 1.165) is 5.82 Å². The Hall–Kier alpha value is -1.53. The molecule has 5 nitrogen and oxygen atoms in total. The average Bonchev–Trinajstić information content (AvgIpc) is 2.73. The number of hydrogen-bond donors (Lipinski definition) is 0. The van der Waals surface area contributed by atoms with Gasteiger partial charge in [-0.1, -0.05) is 0 Å². The second-order valence-corrected chi connectivity index (χ2v) is 6.95. The second-order valence-electron chi connectivity index (χ2n) is 4.42. The van der Waals surface area contributed by atoms with Crippen molar-refractivity contribution in [3.8, 4) is 5.75 Å². The van der Waals surface area contributed by atoms with Crippen molar-refractivity contribution in [1.82, 2.24) is 9.55 Å². The molecule has 0 unspecified atom stereocenters. The van der Waals surface area contributed by atoms with Crippen molar-refractivity contribution in [1.29, 1.82) is 0 Å². The fourth-order valence-corrected chi connectivity index (χ4v) is 3.08. The number of rotatable bonds is 5. The van der Waals surface area contributed by atoms with Crippen LogP contribution in [0, 0.1) is 6.92 Å². The number of benzene rings is 1. The number of ether oxygens (including phenoxy) is 1. The van der Waals surface area contributed by atoms with Crippen LogP contribution < -0.4 is 4.74 Å². The normalized spacial score (nSPS) is 11.6. The van der Waals surface area contributed by atoms with E-state index in [1.54, 1.807) is 25.3 Å². The van der Waals surface area contributed by atoms with Crippen molar-refractivity contribution in [2.45, 2.75) is 18.2 Å². The molecule has 0 aliphatic carbocycles. The van der Waals surface area contributed by atoms with Crippen molar-refractivity contribution in [3.05, 3.63) is 42.0 Å². The number of aryl methyl sites for hydroxylation is 2. The van der Waals surface area contributed by atoms with Gasteiger partial charge in [-0.15, -0.1) is 0 Å². The van der Waals surface area contributed by atoms with Crippen LogP contribution in [0.25, 0.3) is 0 Å². The van der Waals surface area contributed by atoms with E-state index in [0.29, 0.717) is 24.3 Å². The van der Waals surface area contributed by atoms with Gasteiger partial charge in [-0.2, -0.15) is 0 Å². The average molecular weight is 315 g/mol. The SMILES string of the molecule is Cc1cc(OCCc2nccn2C)ccc1S(=O)(=O)Cl. The zero-order chi connectivity index (χ0) is 14.8. The first-order chi connectivity index (χ1) is 9.38. The van der Waals surface area contributed by atoms with Crippen molar-refractivity contribution >= 4 is 19.7 Å². The third-order valence-electron chi connectivity index (χ3n) is 2.92. The maximum atomic E-state index is 11.3. The summed E-state index contributed by atoms with van der Waals surface area (Å²) >= 11 is 0. The largest absolute Gasteiger partial charge is 0.493 e. The summed E-state index contributed by atoms with van der Waals surface area (Å²) in [4.78, 5) is 4.30. The lowest BCUT2D eigenvalue weighted by Crippen LogP contribution is -2.06. The predicted octanol–water partition coefficient (Wildman–Crippen LogP) is 2.28. The van der Waals surface area contributed by atoms with E-state index in [4.69, 9.17) is 15.4 Å². The Bertz CT molecular complexity index is 710. The monoisotopic (exact) mass is 314 g/mol. The topological polar surface area (TPSA) is 61.2 Å². The van der Waals surface area contributed by atoms with Gasteiger partial charge in [0.05, 0.1) is 11.5 Å². The van der Waals surface area contributed by atoms with E-state index in [1.165, 1.54) is 6.07 Å². The second kappa shape index (κ2) is 5.85. The Morgan fingerprint density at radius 1 is 1.40 bits per heavy atom. The molecule has 0 N–H and O–H groups in total. The molecule has 7 heteroatoms. The van der Waals surface area contributed by atoms with Crippen molar-refractivity contribution in [2.75, 3.05) is 6.61 Å². The van der Waals surface area contributed by atoms with Crippen LogP contribution in [0.1, 0.15) is 11.4 Å². The van der Waals surface area contributed by atoms with Gasteiger partial charge in [-0.05, 0) is 30.7 Å². The zero-order valence-electron chi connectivity index (χ0n) is 11.2. The minimum Gasteiger partial charge on any atom is -0.493 e. The molecule has 0 saturated heterocycles. The summed E-state index contributed by atoms with van der Waals surface area (Å²) in [5.41, 5.74) is 0.564. The number of aromatic nitrogens is 2. The van der Waals surface area contributed by atoms with Gasteiger partial charge in [0.2, 0.25) is 0 Å². The van der Waals surface area contributed by atoms with E-state index in [2.05, 4.69) is 4.98 Å². The third-order valence-corrected chi connectivity index (χ3v) is 4.41.